The van der Waals surface area contributed by atoms with Crippen LogP contribution in [0.25, 0.3) is 10.7 Å². The number of amides is 1. The third-order valence-electron chi connectivity index (χ3n) is 5.62. The summed E-state index contributed by atoms with van der Waals surface area (Å²) in [7, 11) is 3.22. The van der Waals surface area contributed by atoms with Crippen molar-refractivity contribution < 1.29 is 14.3 Å². The zero-order chi connectivity index (χ0) is 23.7. The van der Waals surface area contributed by atoms with Gasteiger partial charge in [0.05, 0.1) is 24.7 Å². The van der Waals surface area contributed by atoms with Gasteiger partial charge in [-0.15, -0.1) is 16.4 Å². The molecule has 1 amide bonds. The summed E-state index contributed by atoms with van der Waals surface area (Å²) < 4.78 is 12.6. The summed E-state index contributed by atoms with van der Waals surface area (Å²) in [6, 6.07) is 18.2. The Hall–Kier alpha value is -4.11. The molecule has 1 aliphatic heterocycles. The molecule has 2 aromatic carbocycles. The topological polar surface area (TPSA) is 90.3 Å². The summed E-state index contributed by atoms with van der Waals surface area (Å²) in [5.74, 6) is 2.30. The normalized spacial score (nSPS) is 14.9. The van der Waals surface area contributed by atoms with Crippen LogP contribution in [-0.2, 0) is 4.79 Å². The number of thiophene rings is 1. The number of hydrogen-bond donors (Lipinski definition) is 2. The van der Waals surface area contributed by atoms with Gasteiger partial charge in [0.1, 0.15) is 17.5 Å². The standard InChI is InChI=1S/C25H23N5O3S/c1-15-21(24(31)27-16-10-12-17(32-2)13-11-16)22(18-7-4-5-8-19(18)33-3)30-25(26-15)28-23(29-30)20-9-6-14-34-20/h4-14,22H,1-3H3,(H,27,31)(H,26,28,29)/t22-/m0/s1. The van der Waals surface area contributed by atoms with Gasteiger partial charge in [-0.1, -0.05) is 24.3 Å². The molecule has 9 heteroatoms. The number of ether oxygens (including phenoxy) is 2. The first-order chi connectivity index (χ1) is 16.6. The molecule has 0 bridgehead atoms. The van der Waals surface area contributed by atoms with Crippen molar-refractivity contribution in [3.63, 3.8) is 0 Å². The lowest BCUT2D eigenvalue weighted by Crippen LogP contribution is -2.31. The number of aromatic nitrogens is 3. The van der Waals surface area contributed by atoms with E-state index in [1.165, 1.54) is 0 Å². The van der Waals surface area contributed by atoms with Gasteiger partial charge in [-0.3, -0.25) is 4.79 Å². The van der Waals surface area contributed by atoms with E-state index in [9.17, 15) is 4.79 Å². The van der Waals surface area contributed by atoms with Crippen molar-refractivity contribution >= 4 is 28.9 Å². The van der Waals surface area contributed by atoms with E-state index in [1.54, 1.807) is 54.5 Å². The molecule has 0 fully saturated rings. The van der Waals surface area contributed by atoms with Crippen LogP contribution < -0.4 is 20.1 Å². The second-order valence-corrected chi connectivity index (χ2v) is 8.62. The van der Waals surface area contributed by atoms with E-state index in [2.05, 4.69) is 10.6 Å². The highest BCUT2D eigenvalue weighted by Crippen LogP contribution is 2.40. The van der Waals surface area contributed by atoms with Crippen LogP contribution in [0, 0.1) is 0 Å². The van der Waals surface area contributed by atoms with Gasteiger partial charge < -0.3 is 20.1 Å². The molecule has 4 aromatic rings. The molecule has 0 spiro atoms. The zero-order valence-corrected chi connectivity index (χ0v) is 19.7. The Morgan fingerprint density at radius 1 is 1.06 bits per heavy atom. The van der Waals surface area contributed by atoms with E-state index in [0.29, 0.717) is 40.2 Å². The molecule has 5 rings (SSSR count). The maximum absolute atomic E-state index is 13.6. The molecule has 0 saturated heterocycles. The molecule has 0 saturated carbocycles. The number of nitrogens with zero attached hydrogens (tertiary/aromatic N) is 3. The van der Waals surface area contributed by atoms with Crippen LogP contribution in [0.3, 0.4) is 0 Å². The van der Waals surface area contributed by atoms with E-state index in [0.717, 1.165) is 10.4 Å². The van der Waals surface area contributed by atoms with Crippen LogP contribution in [0.5, 0.6) is 11.5 Å². The number of rotatable bonds is 6. The van der Waals surface area contributed by atoms with Gasteiger partial charge in [-0.2, -0.15) is 4.98 Å². The fourth-order valence-electron chi connectivity index (χ4n) is 4.01. The third kappa shape index (κ3) is 3.90. The monoisotopic (exact) mass is 473 g/mol. The maximum atomic E-state index is 13.6. The number of carbonyl (C=O) groups is 1. The minimum atomic E-state index is -0.535. The van der Waals surface area contributed by atoms with Crippen molar-refractivity contribution in [2.24, 2.45) is 0 Å². The number of hydrogen-bond acceptors (Lipinski definition) is 7. The van der Waals surface area contributed by atoms with Crippen molar-refractivity contribution in [2.45, 2.75) is 13.0 Å². The highest BCUT2D eigenvalue weighted by Gasteiger charge is 2.36. The molecule has 1 aliphatic rings. The van der Waals surface area contributed by atoms with Crippen molar-refractivity contribution in [3.05, 3.63) is 82.9 Å². The van der Waals surface area contributed by atoms with E-state index in [1.807, 2.05) is 48.7 Å². The van der Waals surface area contributed by atoms with E-state index in [4.69, 9.17) is 19.6 Å². The van der Waals surface area contributed by atoms with Crippen molar-refractivity contribution in [2.75, 3.05) is 24.9 Å². The third-order valence-corrected chi connectivity index (χ3v) is 6.49. The number of para-hydroxylation sites is 1. The molecule has 1 atom stereocenters. The number of carbonyl (C=O) groups excluding carboxylic acids is 1. The Morgan fingerprint density at radius 2 is 1.85 bits per heavy atom. The number of methoxy groups -OCH3 is 2. The number of allylic oxidation sites excluding steroid dienone is 1. The fraction of sp³-hybridized carbons (Fsp3) is 0.160. The molecule has 0 radical (unpaired) electrons. The highest BCUT2D eigenvalue weighted by atomic mass is 32.1. The maximum Gasteiger partial charge on any atom is 0.255 e. The van der Waals surface area contributed by atoms with Crippen LogP contribution in [0.4, 0.5) is 11.6 Å². The average Bonchev–Trinajstić information content (AvgIpc) is 3.53. The van der Waals surface area contributed by atoms with E-state index < -0.39 is 6.04 Å². The van der Waals surface area contributed by atoms with Crippen molar-refractivity contribution in [1.82, 2.24) is 14.8 Å². The first-order valence-corrected chi connectivity index (χ1v) is 11.5. The number of fused-ring (bicyclic) bond motifs is 1. The quantitative estimate of drug-likeness (QED) is 0.412. The lowest BCUT2D eigenvalue weighted by atomic mass is 9.94. The van der Waals surface area contributed by atoms with Crippen LogP contribution in [0.15, 0.2) is 77.3 Å². The molecule has 172 valence electrons. The lowest BCUT2D eigenvalue weighted by molar-refractivity contribution is -0.113. The van der Waals surface area contributed by atoms with Gasteiger partial charge in [-0.25, -0.2) is 4.68 Å². The van der Waals surface area contributed by atoms with Crippen molar-refractivity contribution in [3.8, 4) is 22.2 Å². The summed E-state index contributed by atoms with van der Waals surface area (Å²) in [4.78, 5) is 19.3. The molecular weight excluding hydrogens is 450 g/mol. The highest BCUT2D eigenvalue weighted by molar-refractivity contribution is 7.13. The van der Waals surface area contributed by atoms with Gasteiger partial charge >= 0.3 is 0 Å². The molecule has 34 heavy (non-hydrogen) atoms. The molecule has 2 N–H and O–H groups in total. The van der Waals surface area contributed by atoms with Gasteiger partial charge in [0, 0.05) is 16.9 Å². The predicted octanol–water partition coefficient (Wildman–Crippen LogP) is 4.95. The molecule has 0 unspecified atom stereocenters. The summed E-state index contributed by atoms with van der Waals surface area (Å²) in [6.45, 7) is 1.87. The van der Waals surface area contributed by atoms with E-state index in [-0.39, 0.29) is 5.91 Å². The summed E-state index contributed by atoms with van der Waals surface area (Å²) in [5, 5.41) is 13.0. The summed E-state index contributed by atoms with van der Waals surface area (Å²) >= 11 is 1.56. The number of anilines is 2. The van der Waals surface area contributed by atoms with Gasteiger partial charge in [0.15, 0.2) is 5.82 Å². The van der Waals surface area contributed by atoms with E-state index >= 15 is 0 Å². The lowest BCUT2D eigenvalue weighted by Gasteiger charge is -2.29. The fourth-order valence-corrected chi connectivity index (χ4v) is 4.66. The first kappa shape index (κ1) is 21.7. The van der Waals surface area contributed by atoms with Gasteiger partial charge in [0.25, 0.3) is 5.91 Å². The Morgan fingerprint density at radius 3 is 2.56 bits per heavy atom. The van der Waals surface area contributed by atoms with Gasteiger partial charge in [0.2, 0.25) is 5.95 Å². The zero-order valence-electron chi connectivity index (χ0n) is 18.9. The first-order valence-electron chi connectivity index (χ1n) is 10.7. The molecule has 8 nitrogen and oxygen atoms in total. The predicted molar refractivity (Wildman–Crippen MR) is 132 cm³/mol. The Kier molecular flexibility index (Phi) is 5.77. The Bertz CT molecular complexity index is 1360. The van der Waals surface area contributed by atoms with Crippen LogP contribution in [0.2, 0.25) is 0 Å². The molecular formula is C25H23N5O3S. The molecule has 2 aromatic heterocycles. The molecule has 3 heterocycles. The Labute approximate surface area is 200 Å². The number of benzene rings is 2. The minimum Gasteiger partial charge on any atom is -0.497 e. The molecule has 0 aliphatic carbocycles. The number of nitrogens with one attached hydrogen (secondary N) is 2. The second-order valence-electron chi connectivity index (χ2n) is 7.67. The average molecular weight is 474 g/mol. The van der Waals surface area contributed by atoms with Crippen LogP contribution >= 0.6 is 11.3 Å². The smallest absolute Gasteiger partial charge is 0.255 e. The minimum absolute atomic E-state index is 0.245. The van der Waals surface area contributed by atoms with Crippen LogP contribution in [0.1, 0.15) is 18.5 Å². The second kappa shape index (κ2) is 9.03. The largest absolute Gasteiger partial charge is 0.497 e. The Balaban J connectivity index is 1.59. The summed E-state index contributed by atoms with van der Waals surface area (Å²) in [5.41, 5.74) is 2.69. The van der Waals surface area contributed by atoms with Crippen LogP contribution in [-0.4, -0.2) is 34.9 Å². The van der Waals surface area contributed by atoms with Gasteiger partial charge in [-0.05, 0) is 48.7 Å². The van der Waals surface area contributed by atoms with Crippen molar-refractivity contribution in [1.29, 1.82) is 0 Å². The SMILES string of the molecule is COc1ccc(NC(=O)C2=C(C)Nc3nc(-c4cccs4)nn3[C@H]2c2ccccc2OC)cc1. The summed E-state index contributed by atoms with van der Waals surface area (Å²) in [6.07, 6.45) is 0.